The highest BCUT2D eigenvalue weighted by Crippen LogP contribution is 2.18. The smallest absolute Gasteiger partial charge is 0.256 e. The predicted octanol–water partition coefficient (Wildman–Crippen LogP) is 2.62. The molecular formula is C15H14N2OS. The van der Waals surface area contributed by atoms with Crippen LogP contribution in [0, 0.1) is 18.8 Å². The second kappa shape index (κ2) is 6.19. The molecule has 19 heavy (non-hydrogen) atoms. The number of benzene rings is 1. The van der Waals surface area contributed by atoms with Crippen LogP contribution in [0.15, 0.2) is 35.0 Å². The fourth-order valence-electron chi connectivity index (χ4n) is 1.60. The number of amides is 1. The first-order valence-electron chi connectivity index (χ1n) is 5.84. The molecule has 96 valence electrons. The average molecular weight is 270 g/mol. The first kappa shape index (κ1) is 13.3. The highest BCUT2D eigenvalue weighted by molar-refractivity contribution is 7.08. The van der Waals surface area contributed by atoms with Gasteiger partial charge in [0.25, 0.3) is 5.91 Å². The number of aryl methyl sites for hydroxylation is 1. The maximum atomic E-state index is 12.0. The fourth-order valence-corrected chi connectivity index (χ4v) is 2.24. The van der Waals surface area contributed by atoms with Gasteiger partial charge < -0.3 is 11.1 Å². The van der Waals surface area contributed by atoms with Gasteiger partial charge in [-0.1, -0.05) is 17.9 Å². The zero-order chi connectivity index (χ0) is 13.7. The summed E-state index contributed by atoms with van der Waals surface area (Å²) < 4.78 is 0. The van der Waals surface area contributed by atoms with Crippen molar-refractivity contribution in [1.82, 2.24) is 0 Å². The number of rotatable bonds is 2. The van der Waals surface area contributed by atoms with Crippen LogP contribution < -0.4 is 11.1 Å². The Bertz CT molecular complexity index is 636. The van der Waals surface area contributed by atoms with Gasteiger partial charge in [0.2, 0.25) is 0 Å². The lowest BCUT2D eigenvalue weighted by atomic mass is 10.1. The zero-order valence-corrected chi connectivity index (χ0v) is 11.4. The van der Waals surface area contributed by atoms with Crippen LogP contribution in [0.1, 0.15) is 21.5 Å². The maximum Gasteiger partial charge on any atom is 0.256 e. The van der Waals surface area contributed by atoms with E-state index in [-0.39, 0.29) is 5.91 Å². The number of thiophene rings is 1. The number of nitrogens with two attached hydrogens (primary N) is 1. The summed E-state index contributed by atoms with van der Waals surface area (Å²) >= 11 is 1.49. The Labute approximate surface area is 116 Å². The molecule has 2 aromatic rings. The lowest BCUT2D eigenvalue weighted by Crippen LogP contribution is -2.12. The minimum absolute atomic E-state index is 0.123. The molecule has 3 nitrogen and oxygen atoms in total. The highest BCUT2D eigenvalue weighted by Gasteiger charge is 2.08. The number of nitrogens with one attached hydrogen (secondary N) is 1. The van der Waals surface area contributed by atoms with Crippen LogP contribution in [-0.2, 0) is 0 Å². The fraction of sp³-hybridized carbons (Fsp3) is 0.133. The molecule has 1 heterocycles. The molecule has 4 heteroatoms. The molecular weight excluding hydrogens is 256 g/mol. The zero-order valence-electron chi connectivity index (χ0n) is 10.6. The van der Waals surface area contributed by atoms with Crippen LogP contribution in [0.25, 0.3) is 0 Å². The third-order valence-corrected chi connectivity index (χ3v) is 3.21. The van der Waals surface area contributed by atoms with Gasteiger partial charge in [0, 0.05) is 10.9 Å². The summed E-state index contributed by atoms with van der Waals surface area (Å²) in [5.41, 5.74) is 8.60. The van der Waals surface area contributed by atoms with Crippen LogP contribution in [-0.4, -0.2) is 12.5 Å². The summed E-state index contributed by atoms with van der Waals surface area (Å²) in [6, 6.07) is 7.55. The summed E-state index contributed by atoms with van der Waals surface area (Å²) in [4.78, 5) is 12.0. The van der Waals surface area contributed by atoms with Gasteiger partial charge in [0.05, 0.1) is 17.8 Å². The van der Waals surface area contributed by atoms with Gasteiger partial charge in [-0.3, -0.25) is 4.79 Å². The molecule has 0 radical (unpaired) electrons. The normalized spacial score (nSPS) is 9.58. The van der Waals surface area contributed by atoms with Crippen molar-refractivity contribution in [2.75, 3.05) is 11.9 Å². The van der Waals surface area contributed by atoms with E-state index in [4.69, 9.17) is 5.73 Å². The molecule has 0 unspecified atom stereocenters. The van der Waals surface area contributed by atoms with E-state index in [1.165, 1.54) is 11.3 Å². The van der Waals surface area contributed by atoms with Gasteiger partial charge in [-0.05, 0) is 36.1 Å². The van der Waals surface area contributed by atoms with E-state index in [0.717, 1.165) is 16.8 Å². The first-order chi connectivity index (χ1) is 9.20. The minimum atomic E-state index is -0.123. The van der Waals surface area contributed by atoms with Gasteiger partial charge in [-0.25, -0.2) is 0 Å². The van der Waals surface area contributed by atoms with Gasteiger partial charge in [0.15, 0.2) is 0 Å². The van der Waals surface area contributed by atoms with Crippen molar-refractivity contribution < 1.29 is 4.79 Å². The molecule has 0 aliphatic carbocycles. The van der Waals surface area contributed by atoms with E-state index >= 15 is 0 Å². The molecule has 0 spiro atoms. The molecule has 0 aliphatic heterocycles. The Balaban J connectivity index is 2.28. The van der Waals surface area contributed by atoms with E-state index in [9.17, 15) is 4.79 Å². The van der Waals surface area contributed by atoms with Crippen molar-refractivity contribution >= 4 is 22.9 Å². The topological polar surface area (TPSA) is 55.1 Å². The van der Waals surface area contributed by atoms with Crippen molar-refractivity contribution in [3.63, 3.8) is 0 Å². The van der Waals surface area contributed by atoms with Crippen LogP contribution >= 0.6 is 11.3 Å². The van der Waals surface area contributed by atoms with Gasteiger partial charge >= 0.3 is 0 Å². The van der Waals surface area contributed by atoms with Crippen molar-refractivity contribution in [3.05, 3.63) is 51.7 Å². The molecule has 0 saturated heterocycles. The Hall–Kier alpha value is -2.09. The molecule has 0 bridgehead atoms. The minimum Gasteiger partial charge on any atom is -0.321 e. The second-order valence-corrected chi connectivity index (χ2v) is 4.80. The average Bonchev–Trinajstić information content (AvgIpc) is 2.92. The Morgan fingerprint density at radius 2 is 2.26 bits per heavy atom. The van der Waals surface area contributed by atoms with Crippen LogP contribution in [0.5, 0.6) is 0 Å². The van der Waals surface area contributed by atoms with Crippen LogP contribution in [0.3, 0.4) is 0 Å². The number of carbonyl (C=O) groups is 1. The third-order valence-electron chi connectivity index (χ3n) is 2.53. The Morgan fingerprint density at radius 3 is 2.95 bits per heavy atom. The second-order valence-electron chi connectivity index (χ2n) is 4.02. The van der Waals surface area contributed by atoms with Gasteiger partial charge in [-0.15, -0.1) is 0 Å². The predicted molar refractivity (Wildman–Crippen MR) is 79.4 cm³/mol. The number of anilines is 1. The van der Waals surface area contributed by atoms with Crippen molar-refractivity contribution in [3.8, 4) is 11.8 Å². The first-order valence-corrected chi connectivity index (χ1v) is 6.78. The highest BCUT2D eigenvalue weighted by atomic mass is 32.1. The molecule has 2 rings (SSSR count). The lowest BCUT2D eigenvalue weighted by molar-refractivity contribution is 0.102. The van der Waals surface area contributed by atoms with E-state index in [1.54, 1.807) is 6.07 Å². The van der Waals surface area contributed by atoms with Crippen LogP contribution in [0.2, 0.25) is 0 Å². The standard InChI is InChI=1S/C15H14N2OS/c1-11-4-5-12(3-2-7-16)14(9-11)17-15(18)13-6-8-19-10-13/h4-6,8-10H,7,16H2,1H3,(H,17,18). The summed E-state index contributed by atoms with van der Waals surface area (Å²) in [7, 11) is 0. The molecule has 0 atom stereocenters. The largest absolute Gasteiger partial charge is 0.321 e. The summed E-state index contributed by atoms with van der Waals surface area (Å²) in [5, 5.41) is 6.58. The molecule has 1 aromatic carbocycles. The quantitative estimate of drug-likeness (QED) is 0.824. The van der Waals surface area contributed by atoms with Crippen molar-refractivity contribution in [2.24, 2.45) is 5.73 Å². The molecule has 1 amide bonds. The Morgan fingerprint density at radius 1 is 1.42 bits per heavy atom. The number of hydrogen-bond acceptors (Lipinski definition) is 3. The molecule has 0 fully saturated rings. The Kier molecular flexibility index (Phi) is 4.35. The van der Waals surface area contributed by atoms with Crippen molar-refractivity contribution in [1.29, 1.82) is 0 Å². The summed E-state index contributed by atoms with van der Waals surface area (Å²) in [6.45, 7) is 2.27. The maximum absolute atomic E-state index is 12.0. The molecule has 0 aliphatic rings. The third kappa shape index (κ3) is 3.44. The monoisotopic (exact) mass is 270 g/mol. The van der Waals surface area contributed by atoms with Gasteiger partial charge in [0.1, 0.15) is 0 Å². The van der Waals surface area contributed by atoms with E-state index in [2.05, 4.69) is 17.2 Å². The number of carbonyl (C=O) groups excluding carboxylic acids is 1. The van der Waals surface area contributed by atoms with E-state index < -0.39 is 0 Å². The van der Waals surface area contributed by atoms with Crippen LogP contribution in [0.4, 0.5) is 5.69 Å². The van der Waals surface area contributed by atoms with E-state index in [0.29, 0.717) is 12.1 Å². The van der Waals surface area contributed by atoms with Gasteiger partial charge in [-0.2, -0.15) is 11.3 Å². The summed E-state index contributed by atoms with van der Waals surface area (Å²) in [5.74, 6) is 5.64. The SMILES string of the molecule is Cc1ccc(C#CCN)c(NC(=O)c2ccsc2)c1. The summed E-state index contributed by atoms with van der Waals surface area (Å²) in [6.07, 6.45) is 0. The lowest BCUT2D eigenvalue weighted by Gasteiger charge is -2.07. The van der Waals surface area contributed by atoms with Crippen molar-refractivity contribution in [2.45, 2.75) is 6.92 Å². The molecule has 3 N–H and O–H groups in total. The van der Waals surface area contributed by atoms with E-state index in [1.807, 2.05) is 35.9 Å². The molecule has 0 saturated carbocycles. The number of hydrogen-bond donors (Lipinski definition) is 2. The molecule has 1 aromatic heterocycles.